The molecule has 0 aliphatic carbocycles. The number of nitro benzene ring substituents is 4. The van der Waals surface area contributed by atoms with E-state index in [-0.39, 0.29) is 50.3 Å². The summed E-state index contributed by atoms with van der Waals surface area (Å²) in [6, 6.07) is 11.3. The number of fused-ring (bicyclic) bond motifs is 2. The minimum atomic E-state index is -5.24. The molecule has 0 fully saturated rings. The van der Waals surface area contributed by atoms with E-state index in [4.69, 9.17) is 11.5 Å². The van der Waals surface area contributed by atoms with Gasteiger partial charge in [-0.1, -0.05) is 23.6 Å². The Morgan fingerprint density at radius 1 is 0.460 bits per heavy atom. The van der Waals surface area contributed by atoms with Gasteiger partial charge in [0.05, 0.1) is 64.4 Å². The second-order valence-corrected chi connectivity index (χ2v) is 14.7. The normalized spacial score (nSPS) is 11.6. The number of non-ortho nitro benzene ring substituents is 2. The van der Waals surface area contributed by atoms with Gasteiger partial charge >= 0.3 is 17.4 Å². The number of azo groups is 2. The molecular weight excluding hydrogens is 929 g/mol. The first-order chi connectivity index (χ1) is 28.8. The van der Waals surface area contributed by atoms with E-state index >= 15 is 0 Å². The van der Waals surface area contributed by atoms with Crippen LogP contribution < -0.4 is 31.9 Å². The van der Waals surface area contributed by atoms with Crippen molar-refractivity contribution in [2.45, 2.75) is 9.79 Å². The third-order valence-corrected chi connectivity index (χ3v) is 9.75. The van der Waals surface area contributed by atoms with Crippen LogP contribution in [-0.2, 0) is 37.6 Å². The van der Waals surface area contributed by atoms with Crippen LogP contribution >= 0.6 is 0 Å². The van der Waals surface area contributed by atoms with Crippen molar-refractivity contribution in [3.05, 3.63) is 113 Å². The molecule has 0 atom stereocenters. The molecule has 0 saturated heterocycles. The summed E-state index contributed by atoms with van der Waals surface area (Å²) in [5, 5.41) is 107. The maximum absolute atomic E-state index is 12.7. The third-order valence-electron chi connectivity index (χ3n) is 8.05. The Morgan fingerprint density at radius 2 is 0.794 bits per heavy atom. The molecule has 0 aliphatic rings. The van der Waals surface area contributed by atoms with Crippen LogP contribution in [0.1, 0.15) is 0 Å². The zero-order valence-electron chi connectivity index (χ0n) is 30.2. The number of hydrogen-bond acceptors (Lipinski definition) is 24. The summed E-state index contributed by atoms with van der Waals surface area (Å²) < 4.78 is 69.7. The van der Waals surface area contributed by atoms with Crippen LogP contribution in [0.3, 0.4) is 0 Å². The number of hydrogen-bond donors (Lipinski definition) is 2. The van der Waals surface area contributed by atoms with Gasteiger partial charge in [0.15, 0.2) is 0 Å². The first kappa shape index (κ1) is 47.5. The van der Waals surface area contributed by atoms with Crippen molar-refractivity contribution in [3.63, 3.8) is 0 Å². The van der Waals surface area contributed by atoms with E-state index in [0.29, 0.717) is 24.3 Å². The summed E-state index contributed by atoms with van der Waals surface area (Å²) in [6.45, 7) is 0. The summed E-state index contributed by atoms with van der Waals surface area (Å²) in [4.78, 5) is 37.3. The van der Waals surface area contributed by atoms with Crippen LogP contribution in [-0.4, -0.2) is 45.6 Å². The predicted molar refractivity (Wildman–Crippen MR) is 198 cm³/mol. The van der Waals surface area contributed by atoms with Crippen LogP contribution in [0.4, 0.5) is 56.9 Å². The van der Waals surface area contributed by atoms with E-state index in [1.54, 1.807) is 0 Å². The number of nitrogens with zero attached hydrogens (tertiary/aromatic N) is 8. The molecule has 28 nitrogen and oxygen atoms in total. The van der Waals surface area contributed by atoms with E-state index in [1.807, 2.05) is 0 Å². The van der Waals surface area contributed by atoms with Gasteiger partial charge in [0.2, 0.25) is 0 Å². The third kappa shape index (κ3) is 10.1. The van der Waals surface area contributed by atoms with Crippen LogP contribution in [0, 0.1) is 40.5 Å². The summed E-state index contributed by atoms with van der Waals surface area (Å²) in [6.07, 6.45) is 0. The molecule has 323 valence electrons. The first-order valence-corrected chi connectivity index (χ1v) is 18.7. The topological polar surface area (TPSA) is 481 Å². The summed E-state index contributed by atoms with van der Waals surface area (Å²) in [5.74, 6) is -4.89. The van der Waals surface area contributed by atoms with Crippen molar-refractivity contribution >= 4 is 98.7 Å². The minimum absolute atomic E-state index is 0. The molecule has 0 spiro atoms. The predicted octanol–water partition coefficient (Wildman–Crippen LogP) is 3.41. The maximum Gasteiger partial charge on any atom is 3.00 e. The average Bonchev–Trinajstić information content (AvgIpc) is 3.17. The SMILES string of the molecule is Nc1ccc2cc(S(=O)(=O)[O-])c(N=Nc3cc([N+](=O)[O-])cc([N+](=O)[O-])c3[O-])c([O-])c2c1.Nc1ccc2cc(S(=O)(=O)[O-])c(N=Nc3cc([N+](=O)[O-])cc([N+](=O)[O-])c3[O-])c([O-])c2c1.[Cr+3]. The number of benzene rings is 6. The van der Waals surface area contributed by atoms with Gasteiger partial charge in [-0.15, -0.1) is 10.2 Å². The fraction of sp³-hybridized carbons (Fsp3) is 0. The standard InChI is InChI=1S/2C16H11N5O9S.Cr/c2*17-8-2-1-7-3-13(31(28,29)30)14(15(22)10(7)4-8)19-18-11-5-9(20(24)25)6-12(16(11)23)21(26)27;/h2*1-6,22-23H,17H2,(H,28,29,30);/q;;+3/p-6. The Morgan fingerprint density at radius 3 is 1.08 bits per heavy atom. The Bertz CT molecular complexity index is 3030. The van der Waals surface area contributed by atoms with Crippen LogP contribution in [0.25, 0.3) is 21.5 Å². The van der Waals surface area contributed by atoms with E-state index < -0.39 is 118 Å². The van der Waals surface area contributed by atoms with Crippen molar-refractivity contribution in [2.75, 3.05) is 11.5 Å². The van der Waals surface area contributed by atoms with Gasteiger partial charge in [-0.2, -0.15) is 10.2 Å². The molecule has 1 radical (unpaired) electrons. The number of nitrogen functional groups attached to an aromatic ring is 2. The quantitative estimate of drug-likeness (QED) is 0.0653. The van der Waals surface area contributed by atoms with Crippen LogP contribution in [0.2, 0.25) is 0 Å². The number of nitrogens with two attached hydrogens (primary N) is 2. The zero-order chi connectivity index (χ0) is 46.2. The van der Waals surface area contributed by atoms with Gasteiger partial charge in [-0.25, -0.2) is 16.8 Å². The molecule has 0 unspecified atom stereocenters. The second kappa shape index (κ2) is 17.8. The van der Waals surface area contributed by atoms with E-state index in [0.717, 1.165) is 12.1 Å². The Hall–Kier alpha value is -8.21. The molecule has 6 rings (SSSR count). The van der Waals surface area contributed by atoms with Gasteiger partial charge < -0.3 is 41.0 Å². The Labute approximate surface area is 358 Å². The Balaban J connectivity index is 0.000000272. The average molecular weight is 945 g/mol. The molecule has 0 bridgehead atoms. The number of anilines is 2. The number of nitro groups is 4. The molecule has 0 heterocycles. The fourth-order valence-electron chi connectivity index (χ4n) is 5.27. The molecule has 4 N–H and O–H groups in total. The molecule has 0 aliphatic heterocycles. The van der Waals surface area contributed by atoms with Gasteiger partial charge in [-0.05, 0) is 57.9 Å². The summed E-state index contributed by atoms with van der Waals surface area (Å²) in [7, 11) is -10.5. The van der Waals surface area contributed by atoms with Crippen molar-refractivity contribution in [3.8, 4) is 23.0 Å². The van der Waals surface area contributed by atoms with Crippen LogP contribution in [0.5, 0.6) is 23.0 Å². The van der Waals surface area contributed by atoms with Crippen LogP contribution in [0.15, 0.2) is 103 Å². The van der Waals surface area contributed by atoms with Crippen molar-refractivity contribution in [2.24, 2.45) is 20.5 Å². The molecule has 0 saturated carbocycles. The molecule has 0 amide bonds. The molecule has 63 heavy (non-hydrogen) atoms. The maximum atomic E-state index is 12.7. The van der Waals surface area contributed by atoms with Crippen molar-refractivity contribution < 1.29 is 83.4 Å². The number of rotatable bonds is 10. The van der Waals surface area contributed by atoms with Crippen molar-refractivity contribution in [1.29, 1.82) is 0 Å². The molecule has 0 aromatic heterocycles. The first-order valence-electron chi connectivity index (χ1n) is 15.9. The second-order valence-electron chi connectivity index (χ2n) is 12.0. The molecule has 31 heteroatoms. The Kier molecular flexibility index (Phi) is 13.4. The smallest absolute Gasteiger partial charge is 0.871 e. The molecule has 6 aromatic rings. The minimum Gasteiger partial charge on any atom is -0.871 e. The summed E-state index contributed by atoms with van der Waals surface area (Å²) in [5.41, 5.74) is 3.57. The molecular formula is C32H16CrN10O18S2-3. The molecule has 6 aromatic carbocycles. The van der Waals surface area contributed by atoms with Gasteiger partial charge in [0.1, 0.15) is 20.2 Å². The van der Waals surface area contributed by atoms with Gasteiger partial charge in [0.25, 0.3) is 22.7 Å². The van der Waals surface area contributed by atoms with Gasteiger partial charge in [0, 0.05) is 35.0 Å². The monoisotopic (exact) mass is 944 g/mol. The van der Waals surface area contributed by atoms with Gasteiger partial charge in [-0.3, -0.25) is 40.5 Å². The van der Waals surface area contributed by atoms with E-state index in [1.165, 1.54) is 36.4 Å². The largest absolute Gasteiger partial charge is 3.00 e. The zero-order valence-corrected chi connectivity index (χ0v) is 33.1. The van der Waals surface area contributed by atoms with Crippen molar-refractivity contribution in [1.82, 2.24) is 0 Å². The fourth-order valence-corrected chi connectivity index (χ4v) is 6.55. The summed E-state index contributed by atoms with van der Waals surface area (Å²) >= 11 is 0. The van der Waals surface area contributed by atoms with E-state index in [9.17, 15) is 86.8 Å². The van der Waals surface area contributed by atoms with E-state index in [2.05, 4.69) is 20.5 Å².